The summed E-state index contributed by atoms with van der Waals surface area (Å²) < 4.78 is 18.4. The quantitative estimate of drug-likeness (QED) is 0.301. The van der Waals surface area contributed by atoms with E-state index >= 15 is 0 Å². The van der Waals surface area contributed by atoms with Crippen LogP contribution in [0.1, 0.15) is 23.1 Å². The van der Waals surface area contributed by atoms with Crippen molar-refractivity contribution >= 4 is 5.91 Å². The first-order valence-corrected chi connectivity index (χ1v) is 12.2. The number of carbonyl (C=O) groups excluding carboxylic acids is 1. The molecule has 36 heavy (non-hydrogen) atoms. The third-order valence-corrected chi connectivity index (χ3v) is 6.32. The zero-order chi connectivity index (χ0) is 25.2. The highest BCUT2D eigenvalue weighted by atomic mass is 16.7. The van der Waals surface area contributed by atoms with Crippen molar-refractivity contribution in [3.8, 4) is 0 Å². The monoisotopic (exact) mass is 487 g/mol. The van der Waals surface area contributed by atoms with Gasteiger partial charge in [-0.1, -0.05) is 97.1 Å². The van der Waals surface area contributed by atoms with Crippen molar-refractivity contribution in [1.82, 2.24) is 4.90 Å². The van der Waals surface area contributed by atoms with Gasteiger partial charge in [-0.05, 0) is 16.7 Å². The first-order chi connectivity index (χ1) is 17.6. The molecule has 3 aromatic carbocycles. The van der Waals surface area contributed by atoms with Crippen molar-refractivity contribution in [2.45, 2.75) is 44.2 Å². The normalized spacial score (nSPS) is 21.9. The highest BCUT2D eigenvalue weighted by Crippen LogP contribution is 2.34. The van der Waals surface area contributed by atoms with E-state index in [9.17, 15) is 9.90 Å². The molecule has 1 aliphatic heterocycles. The molecule has 3 aromatic rings. The Bertz CT molecular complexity index is 1090. The minimum absolute atomic E-state index is 0.0127. The van der Waals surface area contributed by atoms with Gasteiger partial charge in [0.15, 0.2) is 0 Å². The van der Waals surface area contributed by atoms with Crippen molar-refractivity contribution in [2.75, 3.05) is 13.2 Å². The first kappa shape index (κ1) is 25.8. The van der Waals surface area contributed by atoms with Crippen LogP contribution in [0.2, 0.25) is 0 Å². The van der Waals surface area contributed by atoms with Crippen LogP contribution in [0.4, 0.5) is 0 Å². The number of likely N-dealkylation sites (tertiary alicyclic amines) is 1. The molecule has 0 aliphatic carbocycles. The number of piperidine rings is 1. The second-order valence-corrected chi connectivity index (χ2v) is 8.87. The van der Waals surface area contributed by atoms with E-state index in [0.29, 0.717) is 6.61 Å². The molecule has 1 N–H and O–H groups in total. The molecular formula is C30H33NO5. The zero-order valence-corrected chi connectivity index (χ0v) is 20.4. The summed E-state index contributed by atoms with van der Waals surface area (Å²) in [6.45, 7) is 4.89. The number of aliphatic hydroxyl groups is 1. The van der Waals surface area contributed by atoms with Gasteiger partial charge in [0.1, 0.15) is 12.1 Å². The third-order valence-electron chi connectivity index (χ3n) is 6.32. The lowest BCUT2D eigenvalue weighted by atomic mass is 9.91. The van der Waals surface area contributed by atoms with Gasteiger partial charge < -0.3 is 24.2 Å². The second-order valence-electron chi connectivity index (χ2n) is 8.87. The van der Waals surface area contributed by atoms with Crippen molar-refractivity contribution in [3.63, 3.8) is 0 Å². The maximum atomic E-state index is 13.2. The molecule has 0 saturated carbocycles. The van der Waals surface area contributed by atoms with Crippen molar-refractivity contribution < 1.29 is 24.1 Å². The molecule has 1 heterocycles. The summed E-state index contributed by atoms with van der Waals surface area (Å²) in [7, 11) is 0. The fraction of sp³-hybridized carbons (Fsp3) is 0.300. The standard InChI is InChI=1S/C30H33NO5/c1-2-18-31-27(23-34-20-24-12-6-3-7-13-24)30(33,36-22-26-16-10-5-11-17-26)28(19-29(31)32)35-21-25-14-8-4-9-15-25/h2-17,27-28,33H,1,18-23H2. The summed E-state index contributed by atoms with van der Waals surface area (Å²) >= 11 is 0. The van der Waals surface area contributed by atoms with Gasteiger partial charge in [0.25, 0.3) is 0 Å². The van der Waals surface area contributed by atoms with Gasteiger partial charge in [0.05, 0.1) is 32.8 Å². The van der Waals surface area contributed by atoms with Crippen LogP contribution in [-0.4, -0.2) is 47.0 Å². The smallest absolute Gasteiger partial charge is 0.226 e. The predicted octanol–water partition coefficient (Wildman–Crippen LogP) is 4.48. The van der Waals surface area contributed by atoms with Gasteiger partial charge in [-0.3, -0.25) is 4.79 Å². The van der Waals surface area contributed by atoms with Crippen LogP contribution >= 0.6 is 0 Å². The summed E-state index contributed by atoms with van der Waals surface area (Å²) in [6.07, 6.45) is 0.756. The molecular weight excluding hydrogens is 454 g/mol. The fourth-order valence-electron chi connectivity index (χ4n) is 4.39. The van der Waals surface area contributed by atoms with E-state index in [1.54, 1.807) is 11.0 Å². The number of benzene rings is 3. The molecule has 6 heteroatoms. The first-order valence-electron chi connectivity index (χ1n) is 12.2. The molecule has 0 aromatic heterocycles. The molecule has 1 saturated heterocycles. The lowest BCUT2D eigenvalue weighted by Gasteiger charge is -2.49. The van der Waals surface area contributed by atoms with Crippen LogP contribution in [0.25, 0.3) is 0 Å². The average Bonchev–Trinajstić information content (AvgIpc) is 2.92. The van der Waals surface area contributed by atoms with E-state index < -0.39 is 17.9 Å². The molecule has 3 atom stereocenters. The molecule has 0 bridgehead atoms. The summed E-state index contributed by atoms with van der Waals surface area (Å²) in [4.78, 5) is 14.8. The Hall–Kier alpha value is -3.29. The number of ether oxygens (including phenoxy) is 3. The number of hydrogen-bond donors (Lipinski definition) is 1. The number of carbonyl (C=O) groups is 1. The predicted molar refractivity (Wildman–Crippen MR) is 138 cm³/mol. The van der Waals surface area contributed by atoms with Gasteiger partial charge in [0, 0.05) is 6.54 Å². The Morgan fingerprint density at radius 3 is 1.94 bits per heavy atom. The van der Waals surface area contributed by atoms with Crippen LogP contribution < -0.4 is 0 Å². The number of hydrogen-bond acceptors (Lipinski definition) is 5. The van der Waals surface area contributed by atoms with Gasteiger partial charge >= 0.3 is 0 Å². The van der Waals surface area contributed by atoms with Crippen LogP contribution in [0, 0.1) is 0 Å². The summed E-state index contributed by atoms with van der Waals surface area (Å²) in [5, 5.41) is 12.1. The number of nitrogens with zero attached hydrogens (tertiary/aromatic N) is 1. The second kappa shape index (κ2) is 12.6. The molecule has 1 fully saturated rings. The van der Waals surface area contributed by atoms with Gasteiger partial charge in [-0.2, -0.15) is 0 Å². The van der Waals surface area contributed by atoms with E-state index in [1.807, 2.05) is 91.0 Å². The Kier molecular flexibility index (Phi) is 9.03. The molecule has 1 amide bonds. The molecule has 0 spiro atoms. The van der Waals surface area contributed by atoms with E-state index in [2.05, 4.69) is 6.58 Å². The maximum Gasteiger partial charge on any atom is 0.226 e. The van der Waals surface area contributed by atoms with E-state index in [-0.39, 0.29) is 38.7 Å². The van der Waals surface area contributed by atoms with Crippen molar-refractivity contribution in [3.05, 3.63) is 120 Å². The van der Waals surface area contributed by atoms with Crippen LogP contribution in [0.3, 0.4) is 0 Å². The van der Waals surface area contributed by atoms with Crippen LogP contribution in [0.15, 0.2) is 104 Å². The Balaban J connectivity index is 1.58. The third kappa shape index (κ3) is 6.47. The minimum Gasteiger partial charge on any atom is -0.374 e. The number of rotatable bonds is 12. The summed E-state index contributed by atoms with van der Waals surface area (Å²) in [6, 6.07) is 28.3. The Morgan fingerprint density at radius 2 is 1.39 bits per heavy atom. The zero-order valence-electron chi connectivity index (χ0n) is 20.4. The van der Waals surface area contributed by atoms with Crippen LogP contribution in [-0.2, 0) is 38.8 Å². The van der Waals surface area contributed by atoms with Crippen molar-refractivity contribution in [2.24, 2.45) is 0 Å². The lowest BCUT2D eigenvalue weighted by Crippen LogP contribution is -2.68. The summed E-state index contributed by atoms with van der Waals surface area (Å²) in [5.41, 5.74) is 2.85. The minimum atomic E-state index is -1.79. The Labute approximate surface area is 212 Å². The van der Waals surface area contributed by atoms with E-state index in [4.69, 9.17) is 14.2 Å². The maximum absolute atomic E-state index is 13.2. The van der Waals surface area contributed by atoms with Crippen molar-refractivity contribution in [1.29, 1.82) is 0 Å². The highest BCUT2D eigenvalue weighted by molar-refractivity contribution is 5.78. The Morgan fingerprint density at radius 1 is 0.861 bits per heavy atom. The number of amides is 1. The largest absolute Gasteiger partial charge is 0.374 e. The average molecular weight is 488 g/mol. The molecule has 0 radical (unpaired) electrons. The lowest BCUT2D eigenvalue weighted by molar-refractivity contribution is -0.316. The fourth-order valence-corrected chi connectivity index (χ4v) is 4.39. The topological polar surface area (TPSA) is 68.2 Å². The molecule has 4 rings (SSSR count). The summed E-state index contributed by atoms with van der Waals surface area (Å²) in [5.74, 6) is -1.94. The van der Waals surface area contributed by atoms with Gasteiger partial charge in [0.2, 0.25) is 11.7 Å². The highest BCUT2D eigenvalue weighted by Gasteiger charge is 2.54. The SMILES string of the molecule is C=CCN1C(=O)CC(OCc2ccccc2)C(O)(OCc2ccccc2)C1COCc1ccccc1. The molecule has 6 nitrogen and oxygen atoms in total. The van der Waals surface area contributed by atoms with Gasteiger partial charge in [-0.15, -0.1) is 6.58 Å². The molecule has 188 valence electrons. The molecule has 1 aliphatic rings. The molecule has 3 unspecified atom stereocenters. The van der Waals surface area contributed by atoms with E-state index in [0.717, 1.165) is 16.7 Å². The van der Waals surface area contributed by atoms with Gasteiger partial charge in [-0.25, -0.2) is 0 Å². The van der Waals surface area contributed by atoms with Crippen LogP contribution in [0.5, 0.6) is 0 Å². The van der Waals surface area contributed by atoms with E-state index in [1.165, 1.54) is 0 Å².